The fourth-order valence-electron chi connectivity index (χ4n) is 2.23. The van der Waals surface area contributed by atoms with Crippen molar-refractivity contribution in [2.24, 2.45) is 7.05 Å². The summed E-state index contributed by atoms with van der Waals surface area (Å²) in [7, 11) is 1.78. The van der Waals surface area contributed by atoms with Crippen molar-refractivity contribution in [2.75, 3.05) is 12.3 Å². The molecule has 0 radical (unpaired) electrons. The molecule has 3 rings (SSSR count). The molecule has 7 nitrogen and oxygen atoms in total. The van der Waals surface area contributed by atoms with E-state index in [0.29, 0.717) is 21.9 Å². The summed E-state index contributed by atoms with van der Waals surface area (Å²) < 4.78 is 3.68. The van der Waals surface area contributed by atoms with E-state index < -0.39 is 0 Å². The van der Waals surface area contributed by atoms with Crippen LogP contribution in [0.1, 0.15) is 5.82 Å². The number of nitrogens with zero attached hydrogens (tertiary/aromatic N) is 4. The molecule has 0 bridgehead atoms. The Morgan fingerprint density at radius 1 is 1.47 bits per heavy atom. The molecule has 0 aliphatic carbocycles. The highest BCUT2D eigenvalue weighted by atomic mass is 32.1. The zero-order valence-electron chi connectivity index (χ0n) is 10.5. The van der Waals surface area contributed by atoms with Gasteiger partial charge in [0.15, 0.2) is 5.82 Å². The third-order valence-electron chi connectivity index (χ3n) is 3.10. The van der Waals surface area contributed by atoms with Crippen LogP contribution in [0.2, 0.25) is 0 Å². The van der Waals surface area contributed by atoms with Gasteiger partial charge in [-0.05, 0) is 6.92 Å². The summed E-state index contributed by atoms with van der Waals surface area (Å²) in [5.41, 5.74) is 6.33. The van der Waals surface area contributed by atoms with Crippen LogP contribution in [-0.4, -0.2) is 31.0 Å². The summed E-state index contributed by atoms with van der Waals surface area (Å²) in [4.78, 5) is 17.7. The zero-order chi connectivity index (χ0) is 13.7. The maximum absolute atomic E-state index is 12.4. The molecule has 3 heterocycles. The van der Waals surface area contributed by atoms with Crippen molar-refractivity contribution >= 4 is 37.6 Å². The molecule has 3 aromatic heterocycles. The number of fused-ring (bicyclic) bond motifs is 3. The number of rotatable bonds is 2. The monoisotopic (exact) mass is 279 g/mol. The van der Waals surface area contributed by atoms with Crippen molar-refractivity contribution in [1.82, 2.24) is 19.3 Å². The molecule has 0 atom stereocenters. The minimum atomic E-state index is -0.142. The van der Waals surface area contributed by atoms with Crippen molar-refractivity contribution in [2.45, 2.75) is 13.5 Å². The highest BCUT2D eigenvalue weighted by Crippen LogP contribution is 2.33. The lowest BCUT2D eigenvalue weighted by Gasteiger charge is -2.06. The van der Waals surface area contributed by atoms with Crippen LogP contribution in [0.3, 0.4) is 0 Å². The Bertz CT molecular complexity index is 844. The Kier molecular flexibility index (Phi) is 2.58. The maximum Gasteiger partial charge on any atom is 0.271 e. The first-order chi connectivity index (χ1) is 9.04. The number of nitrogen functional groups attached to an aromatic ring is 1. The van der Waals surface area contributed by atoms with E-state index in [0.717, 1.165) is 10.2 Å². The summed E-state index contributed by atoms with van der Waals surface area (Å²) in [5.74, 6) is 0.949. The van der Waals surface area contributed by atoms with Gasteiger partial charge in [-0.2, -0.15) is 5.10 Å². The van der Waals surface area contributed by atoms with E-state index in [1.807, 2.05) is 0 Å². The second kappa shape index (κ2) is 4.04. The standard InChI is InChI=1S/C11H13N5O2S/c1-5-13-7-6-9(12)14-15(2)11(6)19-8(7)10(18)16(5)3-4-17/h17H,3-4H2,1-2H3,(H2,12,14). The van der Waals surface area contributed by atoms with E-state index >= 15 is 0 Å². The van der Waals surface area contributed by atoms with Gasteiger partial charge < -0.3 is 10.8 Å². The van der Waals surface area contributed by atoms with Crippen molar-refractivity contribution in [3.05, 3.63) is 16.2 Å². The van der Waals surface area contributed by atoms with Crippen molar-refractivity contribution < 1.29 is 5.11 Å². The quantitative estimate of drug-likeness (QED) is 0.699. The molecule has 100 valence electrons. The average molecular weight is 279 g/mol. The number of aliphatic hydroxyl groups excluding tert-OH is 1. The zero-order valence-corrected chi connectivity index (χ0v) is 11.4. The van der Waals surface area contributed by atoms with Crippen LogP contribution < -0.4 is 11.3 Å². The van der Waals surface area contributed by atoms with Gasteiger partial charge in [0.1, 0.15) is 20.9 Å². The summed E-state index contributed by atoms with van der Waals surface area (Å²) in [6.07, 6.45) is 0. The second-order valence-corrected chi connectivity index (χ2v) is 5.31. The van der Waals surface area contributed by atoms with E-state index in [9.17, 15) is 4.79 Å². The van der Waals surface area contributed by atoms with Gasteiger partial charge in [-0.25, -0.2) is 4.98 Å². The van der Waals surface area contributed by atoms with Gasteiger partial charge in [-0.15, -0.1) is 11.3 Å². The van der Waals surface area contributed by atoms with Crippen LogP contribution in [0.4, 0.5) is 5.82 Å². The number of hydrogen-bond acceptors (Lipinski definition) is 6. The molecule has 0 aliphatic rings. The highest BCUT2D eigenvalue weighted by molar-refractivity contribution is 7.25. The highest BCUT2D eigenvalue weighted by Gasteiger charge is 2.19. The van der Waals surface area contributed by atoms with Crippen molar-refractivity contribution in [3.8, 4) is 0 Å². The third-order valence-corrected chi connectivity index (χ3v) is 4.33. The molecule has 3 aromatic rings. The first-order valence-corrected chi connectivity index (χ1v) is 6.59. The van der Waals surface area contributed by atoms with E-state index in [1.54, 1.807) is 18.7 Å². The Labute approximate surface area is 111 Å². The molecule has 0 aromatic carbocycles. The van der Waals surface area contributed by atoms with Gasteiger partial charge in [0, 0.05) is 7.05 Å². The third kappa shape index (κ3) is 1.57. The molecule has 3 N–H and O–H groups in total. The van der Waals surface area contributed by atoms with E-state index in [2.05, 4.69) is 10.1 Å². The lowest BCUT2D eigenvalue weighted by Crippen LogP contribution is -2.24. The number of anilines is 1. The molecule has 0 saturated heterocycles. The molecule has 0 aliphatic heterocycles. The van der Waals surface area contributed by atoms with Gasteiger partial charge in [-0.3, -0.25) is 14.0 Å². The molecular formula is C11H13N5O2S. The number of hydrogen-bond donors (Lipinski definition) is 2. The van der Waals surface area contributed by atoms with Gasteiger partial charge in [0.05, 0.1) is 18.5 Å². The summed E-state index contributed by atoms with van der Waals surface area (Å²) in [6, 6.07) is 0. The topological polar surface area (TPSA) is 99.0 Å². The summed E-state index contributed by atoms with van der Waals surface area (Å²) in [5, 5.41) is 13.9. The fourth-order valence-corrected chi connectivity index (χ4v) is 3.34. The van der Waals surface area contributed by atoms with E-state index in [-0.39, 0.29) is 18.7 Å². The number of thiophene rings is 1. The molecule has 0 spiro atoms. The SMILES string of the molecule is Cc1nc2c(sc3c2c(N)nn3C)c(=O)n1CCO. The van der Waals surface area contributed by atoms with E-state index in [4.69, 9.17) is 10.8 Å². The predicted molar refractivity (Wildman–Crippen MR) is 74.4 cm³/mol. The van der Waals surface area contributed by atoms with Crippen LogP contribution in [0, 0.1) is 6.92 Å². The molecule has 0 amide bonds. The Balaban J connectivity index is 2.49. The van der Waals surface area contributed by atoms with Gasteiger partial charge in [0.25, 0.3) is 5.56 Å². The second-order valence-electron chi connectivity index (χ2n) is 4.31. The minimum absolute atomic E-state index is 0.0947. The van der Waals surface area contributed by atoms with Crippen LogP contribution in [0.5, 0.6) is 0 Å². The van der Waals surface area contributed by atoms with Crippen molar-refractivity contribution in [1.29, 1.82) is 0 Å². The average Bonchev–Trinajstić information content (AvgIpc) is 2.85. The normalized spacial score (nSPS) is 11.7. The Morgan fingerprint density at radius 3 is 2.89 bits per heavy atom. The molecule has 0 fully saturated rings. The van der Waals surface area contributed by atoms with Gasteiger partial charge in [0.2, 0.25) is 0 Å². The lowest BCUT2D eigenvalue weighted by atomic mass is 10.3. The van der Waals surface area contributed by atoms with Crippen molar-refractivity contribution in [3.63, 3.8) is 0 Å². The largest absolute Gasteiger partial charge is 0.395 e. The molecule has 0 unspecified atom stereocenters. The number of aliphatic hydroxyl groups is 1. The van der Waals surface area contributed by atoms with Gasteiger partial charge >= 0.3 is 0 Å². The smallest absolute Gasteiger partial charge is 0.271 e. The number of aryl methyl sites for hydroxylation is 2. The Morgan fingerprint density at radius 2 is 2.21 bits per heavy atom. The maximum atomic E-state index is 12.4. The van der Waals surface area contributed by atoms with Gasteiger partial charge in [-0.1, -0.05) is 0 Å². The number of nitrogens with two attached hydrogens (primary N) is 1. The molecular weight excluding hydrogens is 266 g/mol. The molecule has 8 heteroatoms. The minimum Gasteiger partial charge on any atom is -0.395 e. The molecule has 19 heavy (non-hydrogen) atoms. The lowest BCUT2D eigenvalue weighted by molar-refractivity contribution is 0.272. The van der Waals surface area contributed by atoms with E-state index in [1.165, 1.54) is 15.9 Å². The fraction of sp³-hybridized carbons (Fsp3) is 0.364. The van der Waals surface area contributed by atoms with Crippen LogP contribution in [-0.2, 0) is 13.6 Å². The summed E-state index contributed by atoms with van der Waals surface area (Å²) in [6.45, 7) is 1.89. The Hall–Kier alpha value is -1.93. The van der Waals surface area contributed by atoms with Crippen LogP contribution in [0.25, 0.3) is 20.4 Å². The van der Waals surface area contributed by atoms with Crippen LogP contribution in [0.15, 0.2) is 4.79 Å². The number of aromatic nitrogens is 4. The van der Waals surface area contributed by atoms with Crippen LogP contribution >= 0.6 is 11.3 Å². The first kappa shape index (κ1) is 12.1. The molecule has 0 saturated carbocycles. The summed E-state index contributed by atoms with van der Waals surface area (Å²) >= 11 is 1.33. The predicted octanol–water partition coefficient (Wildman–Crippen LogP) is 0.228. The first-order valence-electron chi connectivity index (χ1n) is 5.77.